The maximum absolute atomic E-state index is 13.2. The molecule has 52 heavy (non-hydrogen) atoms. The van der Waals surface area contributed by atoms with Gasteiger partial charge in [-0.25, -0.2) is 0 Å². The molecule has 268 valence electrons. The number of fused-ring (bicyclic) bond motifs is 2. The van der Waals surface area contributed by atoms with E-state index in [1.54, 1.807) is 36.4 Å². The minimum absolute atomic E-state index is 0.00713. The molecule has 4 aromatic carbocycles. The molecule has 0 unspecified atom stereocenters. The van der Waals surface area contributed by atoms with Crippen molar-refractivity contribution in [2.24, 2.45) is 0 Å². The highest BCUT2D eigenvalue weighted by Crippen LogP contribution is 2.36. The minimum atomic E-state index is -0.235. The van der Waals surface area contributed by atoms with E-state index in [1.165, 1.54) is 38.5 Å². The van der Waals surface area contributed by atoms with Crippen LogP contribution in [-0.2, 0) is 13.1 Å². The van der Waals surface area contributed by atoms with Gasteiger partial charge in [0.25, 0.3) is 0 Å². The number of carbonyl (C=O) groups is 2. The van der Waals surface area contributed by atoms with Gasteiger partial charge in [-0.1, -0.05) is 24.3 Å². The smallest absolute Gasteiger partial charge is 0.231 e. The van der Waals surface area contributed by atoms with E-state index in [0.29, 0.717) is 84.5 Å². The number of aromatic hydroxyl groups is 2. The zero-order chi connectivity index (χ0) is 36.2. The molecule has 0 saturated carbocycles. The van der Waals surface area contributed by atoms with Crippen molar-refractivity contribution < 1.29 is 48.2 Å². The van der Waals surface area contributed by atoms with Crippen LogP contribution in [0.5, 0.6) is 46.0 Å². The molecule has 12 nitrogen and oxygen atoms in total. The Morgan fingerprint density at radius 3 is 1.42 bits per heavy atom. The van der Waals surface area contributed by atoms with Crippen LogP contribution >= 0.6 is 0 Å². The Hall–Kier alpha value is -5.98. The Morgan fingerprint density at radius 1 is 0.615 bits per heavy atom. The van der Waals surface area contributed by atoms with Crippen molar-refractivity contribution in [2.75, 3.05) is 54.0 Å². The molecule has 4 aromatic rings. The number of benzene rings is 4. The first-order valence-corrected chi connectivity index (χ1v) is 16.8. The van der Waals surface area contributed by atoms with Crippen LogP contribution in [0.2, 0.25) is 0 Å². The number of ketones is 2. The van der Waals surface area contributed by atoms with E-state index >= 15 is 0 Å². The second kappa shape index (κ2) is 15.1. The van der Waals surface area contributed by atoms with Gasteiger partial charge in [0.2, 0.25) is 13.6 Å². The van der Waals surface area contributed by atoms with Gasteiger partial charge in [0.1, 0.15) is 0 Å². The van der Waals surface area contributed by atoms with Crippen molar-refractivity contribution in [3.63, 3.8) is 0 Å². The van der Waals surface area contributed by atoms with E-state index in [0.717, 1.165) is 11.1 Å². The zero-order valence-corrected chi connectivity index (χ0v) is 28.8. The largest absolute Gasteiger partial charge is 0.504 e. The molecule has 3 aliphatic heterocycles. The van der Waals surface area contributed by atoms with Gasteiger partial charge in [-0.2, -0.15) is 0 Å². The number of phenolic OH excluding ortho intramolecular Hbond substituents is 2. The number of hydrogen-bond donors (Lipinski definition) is 2. The summed E-state index contributed by atoms with van der Waals surface area (Å²) < 4.78 is 32.4. The quantitative estimate of drug-likeness (QED) is 0.139. The van der Waals surface area contributed by atoms with E-state index in [1.807, 2.05) is 24.3 Å². The van der Waals surface area contributed by atoms with Crippen LogP contribution < -0.4 is 28.4 Å². The van der Waals surface area contributed by atoms with E-state index in [4.69, 9.17) is 28.4 Å². The minimum Gasteiger partial charge on any atom is -0.504 e. The number of allylic oxidation sites excluding steroid dienone is 2. The summed E-state index contributed by atoms with van der Waals surface area (Å²) in [7, 11) is 2.91. The zero-order valence-electron chi connectivity index (χ0n) is 28.8. The maximum atomic E-state index is 13.2. The number of phenols is 2. The molecule has 1 saturated heterocycles. The highest BCUT2D eigenvalue weighted by Gasteiger charge is 2.23. The third-order valence-electron chi connectivity index (χ3n) is 9.22. The number of nitrogens with zero attached hydrogens (tertiary/aromatic N) is 2. The molecule has 0 spiro atoms. The first-order valence-electron chi connectivity index (χ1n) is 16.8. The Balaban J connectivity index is 0.988. The topological polar surface area (TPSA) is 136 Å². The van der Waals surface area contributed by atoms with Crippen LogP contribution in [0.25, 0.3) is 12.2 Å². The van der Waals surface area contributed by atoms with Gasteiger partial charge in [0.05, 0.1) is 14.2 Å². The van der Waals surface area contributed by atoms with Gasteiger partial charge in [-0.05, 0) is 71.8 Å². The van der Waals surface area contributed by atoms with Gasteiger partial charge in [0, 0.05) is 61.5 Å². The van der Waals surface area contributed by atoms with Gasteiger partial charge >= 0.3 is 0 Å². The third-order valence-corrected chi connectivity index (χ3v) is 9.22. The number of ether oxygens (including phenoxy) is 6. The van der Waals surface area contributed by atoms with Crippen molar-refractivity contribution in [1.82, 2.24) is 9.80 Å². The molecular formula is C40H38N2O10. The number of carbonyl (C=O) groups excluding carboxylic acids is 2. The van der Waals surface area contributed by atoms with Crippen molar-refractivity contribution in [3.05, 3.63) is 106 Å². The third kappa shape index (κ3) is 7.53. The lowest BCUT2D eigenvalue weighted by Crippen LogP contribution is -2.45. The summed E-state index contributed by atoms with van der Waals surface area (Å²) in [5, 5.41) is 21.9. The number of rotatable bonds is 12. The van der Waals surface area contributed by atoms with Crippen molar-refractivity contribution >= 4 is 23.7 Å². The summed E-state index contributed by atoms with van der Waals surface area (Å²) in [4.78, 5) is 30.8. The van der Waals surface area contributed by atoms with Crippen LogP contribution in [0.1, 0.15) is 43.0 Å². The SMILES string of the molecule is COc1cc(C(=O)/C=C/c2ccc3c(c2)OCO3)cc(CN2CCN(Cc3cc(C(=O)/C=C/c4ccc5c(c4)OCO5)cc(OC)c3O)CC2)c1O. The van der Waals surface area contributed by atoms with E-state index < -0.39 is 0 Å². The van der Waals surface area contributed by atoms with Gasteiger partial charge in [-0.15, -0.1) is 0 Å². The van der Waals surface area contributed by atoms with Crippen LogP contribution in [-0.4, -0.2) is 85.6 Å². The van der Waals surface area contributed by atoms with E-state index in [9.17, 15) is 19.8 Å². The van der Waals surface area contributed by atoms with E-state index in [2.05, 4.69) is 9.80 Å². The summed E-state index contributed by atoms with van der Waals surface area (Å²) >= 11 is 0. The van der Waals surface area contributed by atoms with Crippen LogP contribution in [0.15, 0.2) is 72.8 Å². The fourth-order valence-corrected chi connectivity index (χ4v) is 6.33. The van der Waals surface area contributed by atoms with Crippen molar-refractivity contribution in [3.8, 4) is 46.0 Å². The summed E-state index contributed by atoms with van der Waals surface area (Å²) in [5.41, 5.74) is 3.53. The maximum Gasteiger partial charge on any atom is 0.231 e. The van der Waals surface area contributed by atoms with Crippen molar-refractivity contribution in [2.45, 2.75) is 13.1 Å². The lowest BCUT2D eigenvalue weighted by molar-refractivity contribution is 0.103. The summed E-state index contributed by atoms with van der Waals surface area (Å²) in [5.74, 6) is 2.56. The van der Waals surface area contributed by atoms with E-state index in [-0.39, 0.29) is 48.2 Å². The standard InChI is InChI=1S/C40H38N2O10/c1-47-37-19-27(31(43)7-3-25-5-9-33-35(15-25)51-23-49-33)17-29(39(37)45)21-41-11-13-42(14-12-41)22-30-18-28(20-38(48-2)40(30)46)32(44)8-4-26-6-10-34-36(16-26)52-24-50-34/h3-10,15-20,45-46H,11-14,21-24H2,1-2H3/b7-3+,8-4+. The average Bonchev–Trinajstić information content (AvgIpc) is 3.84. The summed E-state index contributed by atoms with van der Waals surface area (Å²) in [6, 6.07) is 17.4. The number of hydrogen-bond acceptors (Lipinski definition) is 12. The second-order valence-corrected chi connectivity index (χ2v) is 12.5. The fraction of sp³-hybridized carbons (Fsp3) is 0.250. The second-order valence-electron chi connectivity index (χ2n) is 12.5. The molecule has 3 aliphatic rings. The molecule has 0 radical (unpaired) electrons. The Labute approximate surface area is 300 Å². The lowest BCUT2D eigenvalue weighted by atomic mass is 10.0. The molecule has 0 aliphatic carbocycles. The Kier molecular flexibility index (Phi) is 10.0. The number of piperazine rings is 1. The number of methoxy groups -OCH3 is 2. The molecule has 1 fully saturated rings. The predicted molar refractivity (Wildman–Crippen MR) is 192 cm³/mol. The van der Waals surface area contributed by atoms with Crippen molar-refractivity contribution in [1.29, 1.82) is 0 Å². The fourth-order valence-electron chi connectivity index (χ4n) is 6.33. The predicted octanol–water partition coefficient (Wildman–Crippen LogP) is 5.68. The molecule has 3 heterocycles. The van der Waals surface area contributed by atoms with Gasteiger partial charge < -0.3 is 38.6 Å². The average molecular weight is 707 g/mol. The Morgan fingerprint density at radius 2 is 1.02 bits per heavy atom. The molecule has 2 N–H and O–H groups in total. The Bertz CT molecular complexity index is 1920. The van der Waals surface area contributed by atoms with Crippen LogP contribution in [0.3, 0.4) is 0 Å². The van der Waals surface area contributed by atoms with Crippen LogP contribution in [0.4, 0.5) is 0 Å². The molecule has 0 amide bonds. The molecule has 0 aromatic heterocycles. The molecule has 12 heteroatoms. The molecule has 0 atom stereocenters. The summed E-state index contributed by atoms with van der Waals surface area (Å²) in [6.45, 7) is 3.81. The summed E-state index contributed by atoms with van der Waals surface area (Å²) in [6.07, 6.45) is 6.38. The monoisotopic (exact) mass is 706 g/mol. The first-order chi connectivity index (χ1) is 25.3. The lowest BCUT2D eigenvalue weighted by Gasteiger charge is -2.35. The van der Waals surface area contributed by atoms with Gasteiger partial charge in [-0.3, -0.25) is 19.4 Å². The van der Waals surface area contributed by atoms with Gasteiger partial charge in [0.15, 0.2) is 57.6 Å². The molecular weight excluding hydrogens is 668 g/mol. The van der Waals surface area contributed by atoms with Crippen LogP contribution in [0, 0.1) is 0 Å². The highest BCUT2D eigenvalue weighted by molar-refractivity contribution is 6.08. The molecule has 7 rings (SSSR count). The first kappa shape index (κ1) is 34.5. The molecule has 0 bridgehead atoms. The normalized spacial score (nSPS) is 15.4. The highest BCUT2D eigenvalue weighted by atomic mass is 16.7.